The maximum atomic E-state index is 12.6. The highest BCUT2D eigenvalue weighted by Crippen LogP contribution is 2.48. The molecule has 1 aliphatic heterocycles. The normalized spacial score (nSPS) is 16.7. The van der Waals surface area contributed by atoms with Crippen molar-refractivity contribution in [3.63, 3.8) is 0 Å². The van der Waals surface area contributed by atoms with Crippen molar-refractivity contribution < 1.29 is 13.5 Å². The van der Waals surface area contributed by atoms with Gasteiger partial charge in [-0.1, -0.05) is 24.8 Å². The molecular formula is C27H30F2N6O. The van der Waals surface area contributed by atoms with E-state index in [4.69, 9.17) is 4.74 Å². The number of hydrogen-bond acceptors (Lipinski definition) is 7. The molecule has 0 bridgehead atoms. The molecule has 5 rings (SSSR count). The van der Waals surface area contributed by atoms with Gasteiger partial charge in [0.1, 0.15) is 18.1 Å². The Balaban J connectivity index is 1.15. The maximum Gasteiger partial charge on any atom is 0.280 e. The van der Waals surface area contributed by atoms with Crippen molar-refractivity contribution in [1.82, 2.24) is 20.1 Å². The molecule has 1 saturated carbocycles. The van der Waals surface area contributed by atoms with E-state index in [0.29, 0.717) is 17.3 Å². The van der Waals surface area contributed by atoms with Crippen molar-refractivity contribution in [1.29, 1.82) is 0 Å². The van der Waals surface area contributed by atoms with E-state index in [2.05, 4.69) is 68.1 Å². The zero-order valence-electron chi connectivity index (χ0n) is 20.3. The molecule has 1 aromatic carbocycles. The van der Waals surface area contributed by atoms with Crippen LogP contribution >= 0.6 is 0 Å². The third-order valence-electron chi connectivity index (χ3n) is 6.82. The number of pyridine rings is 1. The lowest BCUT2D eigenvalue weighted by Crippen LogP contribution is -2.45. The summed E-state index contributed by atoms with van der Waals surface area (Å²) in [6.07, 6.45) is 0.868. The number of anilines is 2. The lowest BCUT2D eigenvalue weighted by atomic mass is 10.0. The summed E-state index contributed by atoms with van der Waals surface area (Å²) in [5.41, 5.74) is 3.94. The largest absolute Gasteiger partial charge is 0.472 e. The highest BCUT2D eigenvalue weighted by atomic mass is 19.3. The van der Waals surface area contributed by atoms with Gasteiger partial charge in [-0.3, -0.25) is 4.98 Å². The van der Waals surface area contributed by atoms with E-state index in [1.807, 2.05) is 6.07 Å². The number of rotatable bonds is 9. The van der Waals surface area contributed by atoms with Gasteiger partial charge in [0, 0.05) is 55.4 Å². The van der Waals surface area contributed by atoms with Gasteiger partial charge in [-0.25, -0.2) is 8.78 Å². The molecule has 3 aromatic rings. The van der Waals surface area contributed by atoms with Crippen LogP contribution in [0, 0.1) is 0 Å². The smallest absolute Gasteiger partial charge is 0.280 e. The second-order valence-electron chi connectivity index (χ2n) is 9.40. The van der Waals surface area contributed by atoms with Crippen molar-refractivity contribution in [3.8, 4) is 5.88 Å². The number of nitrogens with zero attached hydrogens (tertiary/aromatic N) is 5. The third-order valence-corrected chi connectivity index (χ3v) is 6.82. The lowest BCUT2D eigenvalue weighted by molar-refractivity contribution is 0.146. The number of aromatic nitrogens is 3. The minimum absolute atomic E-state index is 0.119. The summed E-state index contributed by atoms with van der Waals surface area (Å²) in [5.74, 6) is 1.04. The number of benzene rings is 1. The fourth-order valence-corrected chi connectivity index (χ4v) is 4.47. The molecule has 0 unspecified atom stereocenters. The van der Waals surface area contributed by atoms with Crippen LogP contribution in [0.5, 0.6) is 5.88 Å². The number of allylic oxidation sites excluding steroid dienone is 1. The van der Waals surface area contributed by atoms with E-state index < -0.39 is 6.43 Å². The average molecular weight is 493 g/mol. The minimum atomic E-state index is -2.58. The molecule has 0 radical (unpaired) electrons. The van der Waals surface area contributed by atoms with Gasteiger partial charge < -0.3 is 19.9 Å². The van der Waals surface area contributed by atoms with Gasteiger partial charge in [-0.2, -0.15) is 0 Å². The van der Waals surface area contributed by atoms with Crippen LogP contribution in [0.4, 0.5) is 20.3 Å². The number of ether oxygens (including phenoxy) is 1. The van der Waals surface area contributed by atoms with Crippen LogP contribution in [0.1, 0.15) is 43.0 Å². The fraction of sp³-hybridized carbons (Fsp3) is 0.370. The molecule has 2 fully saturated rings. The Labute approximate surface area is 209 Å². The van der Waals surface area contributed by atoms with Crippen LogP contribution in [0.15, 0.2) is 67.0 Å². The van der Waals surface area contributed by atoms with Crippen LogP contribution in [-0.2, 0) is 12.1 Å². The topological polar surface area (TPSA) is 66.4 Å². The van der Waals surface area contributed by atoms with Crippen molar-refractivity contribution in [3.05, 3.63) is 83.8 Å². The van der Waals surface area contributed by atoms with Gasteiger partial charge in [-0.05, 0) is 49.6 Å². The number of alkyl halides is 2. The second kappa shape index (κ2) is 10.1. The summed E-state index contributed by atoms with van der Waals surface area (Å²) in [5, 5.41) is 12.0. The number of piperazine rings is 1. The Bertz CT molecular complexity index is 1170. The highest BCUT2D eigenvalue weighted by Gasteiger charge is 2.44. The fourth-order valence-electron chi connectivity index (χ4n) is 4.47. The molecule has 0 atom stereocenters. The summed E-state index contributed by atoms with van der Waals surface area (Å²) in [4.78, 5) is 8.49. The molecule has 2 aromatic heterocycles. The SMILES string of the molecule is C=C(C)N1CCN(c2ccc(C3(Nc4ccc(OCc5ccc(C(F)F)nc5)nn4)CC3)cc2)CC1. The first-order valence-electron chi connectivity index (χ1n) is 12.2. The van der Waals surface area contributed by atoms with E-state index >= 15 is 0 Å². The standard InChI is InChI=1S/C27H30F2N6O/c1-19(2)34-13-15-35(16-14-34)22-6-4-21(5-7-22)27(11-12-27)31-24-9-10-25(33-32-24)36-18-20-3-8-23(26(28)29)30-17-20/h3-10,17,26H,1,11-16,18H2,2H3,(H,31,32). The van der Waals surface area contributed by atoms with Crippen molar-refractivity contribution in [2.24, 2.45) is 0 Å². The molecular weight excluding hydrogens is 462 g/mol. The Morgan fingerprint density at radius 1 is 1.03 bits per heavy atom. The second-order valence-corrected chi connectivity index (χ2v) is 9.40. The molecule has 188 valence electrons. The van der Waals surface area contributed by atoms with Gasteiger partial charge in [0.05, 0.1) is 5.54 Å². The summed E-state index contributed by atoms with van der Waals surface area (Å²) < 4.78 is 30.9. The summed E-state index contributed by atoms with van der Waals surface area (Å²) >= 11 is 0. The molecule has 1 saturated heterocycles. The van der Waals surface area contributed by atoms with Crippen molar-refractivity contribution in [2.45, 2.75) is 38.3 Å². The molecule has 1 N–H and O–H groups in total. The van der Waals surface area contributed by atoms with Crippen molar-refractivity contribution >= 4 is 11.5 Å². The van der Waals surface area contributed by atoms with E-state index in [0.717, 1.165) is 44.7 Å². The quantitative estimate of drug-likeness (QED) is 0.443. The van der Waals surface area contributed by atoms with E-state index in [9.17, 15) is 8.78 Å². The summed E-state index contributed by atoms with van der Waals surface area (Å²) in [6.45, 7) is 10.3. The Morgan fingerprint density at radius 3 is 2.33 bits per heavy atom. The van der Waals surface area contributed by atoms with Gasteiger partial charge >= 0.3 is 0 Å². The van der Waals surface area contributed by atoms with Gasteiger partial charge in [0.15, 0.2) is 0 Å². The maximum absolute atomic E-state index is 12.6. The predicted molar refractivity (Wildman–Crippen MR) is 135 cm³/mol. The van der Waals surface area contributed by atoms with Crippen LogP contribution < -0.4 is 15.0 Å². The third kappa shape index (κ3) is 5.40. The summed E-state index contributed by atoms with van der Waals surface area (Å²) in [6, 6.07) is 15.3. The van der Waals surface area contributed by atoms with Gasteiger partial charge in [0.25, 0.3) is 6.43 Å². The van der Waals surface area contributed by atoms with Crippen LogP contribution in [-0.4, -0.2) is 46.3 Å². The molecule has 36 heavy (non-hydrogen) atoms. The Hall–Kier alpha value is -3.75. The predicted octanol–water partition coefficient (Wildman–Crippen LogP) is 5.15. The first kappa shape index (κ1) is 24.0. The number of hydrogen-bond donors (Lipinski definition) is 1. The Morgan fingerprint density at radius 2 is 1.78 bits per heavy atom. The molecule has 0 spiro atoms. The van der Waals surface area contributed by atoms with E-state index in [1.54, 1.807) is 12.1 Å². The highest BCUT2D eigenvalue weighted by molar-refractivity contribution is 5.52. The average Bonchev–Trinajstić information content (AvgIpc) is 3.69. The van der Waals surface area contributed by atoms with Crippen LogP contribution in [0.25, 0.3) is 0 Å². The zero-order chi connectivity index (χ0) is 25.1. The van der Waals surface area contributed by atoms with Crippen LogP contribution in [0.3, 0.4) is 0 Å². The van der Waals surface area contributed by atoms with Crippen molar-refractivity contribution in [2.75, 3.05) is 36.4 Å². The summed E-state index contributed by atoms with van der Waals surface area (Å²) in [7, 11) is 0. The number of nitrogens with one attached hydrogen (secondary N) is 1. The minimum Gasteiger partial charge on any atom is -0.472 e. The van der Waals surface area contributed by atoms with Gasteiger partial charge in [0.2, 0.25) is 5.88 Å². The van der Waals surface area contributed by atoms with Crippen LogP contribution in [0.2, 0.25) is 0 Å². The van der Waals surface area contributed by atoms with Gasteiger partial charge in [-0.15, -0.1) is 10.2 Å². The molecule has 2 aliphatic rings. The lowest BCUT2D eigenvalue weighted by Gasteiger charge is -2.37. The molecule has 9 heteroatoms. The molecule has 1 aliphatic carbocycles. The monoisotopic (exact) mass is 492 g/mol. The Kier molecular flexibility index (Phi) is 6.71. The van der Waals surface area contributed by atoms with E-state index in [-0.39, 0.29) is 17.8 Å². The first-order chi connectivity index (χ1) is 17.4. The van der Waals surface area contributed by atoms with E-state index in [1.165, 1.54) is 23.5 Å². The molecule has 3 heterocycles. The molecule has 0 amide bonds. The first-order valence-corrected chi connectivity index (χ1v) is 12.2. The number of halogens is 2. The molecule has 7 nitrogen and oxygen atoms in total. The zero-order valence-corrected chi connectivity index (χ0v) is 20.3.